The fourth-order valence-corrected chi connectivity index (χ4v) is 3.86. The third-order valence-electron chi connectivity index (χ3n) is 4.33. The lowest BCUT2D eigenvalue weighted by Crippen LogP contribution is -2.34. The van der Waals surface area contributed by atoms with Crippen LogP contribution in [0.4, 0.5) is 0 Å². The molecule has 0 bridgehead atoms. The van der Waals surface area contributed by atoms with Crippen LogP contribution in [0.15, 0.2) is 0 Å². The second-order valence-electron chi connectivity index (χ2n) is 6.26. The van der Waals surface area contributed by atoms with Crippen LogP contribution in [0.5, 0.6) is 0 Å². The second-order valence-corrected chi connectivity index (χ2v) is 6.26. The number of hydrogen-bond acceptors (Lipinski definition) is 0. The van der Waals surface area contributed by atoms with Gasteiger partial charge in [0.2, 0.25) is 0 Å². The molecule has 0 radical (unpaired) electrons. The minimum Gasteiger partial charge on any atom is -0.0599 e. The van der Waals surface area contributed by atoms with Crippen LogP contribution in [0.1, 0.15) is 71.6 Å². The van der Waals surface area contributed by atoms with Crippen LogP contribution in [0.25, 0.3) is 0 Å². The second kappa shape index (κ2) is 3.29. The topological polar surface area (TPSA) is 0 Å². The molecule has 0 N–H and O–H groups in total. The zero-order valence-electron chi connectivity index (χ0n) is 9.36. The highest BCUT2D eigenvalue weighted by Gasteiger charge is 2.40. The van der Waals surface area contributed by atoms with Gasteiger partial charge in [-0.3, -0.25) is 0 Å². The van der Waals surface area contributed by atoms with Crippen LogP contribution in [-0.2, 0) is 0 Å². The van der Waals surface area contributed by atoms with Gasteiger partial charge in [-0.05, 0) is 42.9 Å². The molecule has 1 spiro atoms. The van der Waals surface area contributed by atoms with Crippen LogP contribution in [0.2, 0.25) is 0 Å². The van der Waals surface area contributed by atoms with Gasteiger partial charge in [-0.25, -0.2) is 0 Å². The van der Waals surface area contributed by atoms with Gasteiger partial charge >= 0.3 is 0 Å². The van der Waals surface area contributed by atoms with Crippen molar-refractivity contribution in [3.05, 3.63) is 0 Å². The molecule has 0 aromatic rings. The van der Waals surface area contributed by atoms with Gasteiger partial charge in [0.05, 0.1) is 0 Å². The number of hydrogen-bond donors (Lipinski definition) is 0. The molecule has 0 heterocycles. The molecule has 76 valence electrons. The summed E-state index contributed by atoms with van der Waals surface area (Å²) < 4.78 is 0. The lowest BCUT2D eigenvalue weighted by atomic mass is 9.58. The molecule has 0 nitrogen and oxygen atoms in total. The molecule has 0 saturated heterocycles. The van der Waals surface area contributed by atoms with Gasteiger partial charge in [0.15, 0.2) is 0 Å². The summed E-state index contributed by atoms with van der Waals surface area (Å²) in [5.74, 6) is 0. The summed E-state index contributed by atoms with van der Waals surface area (Å²) in [6.45, 7) is 4.95. The highest BCUT2D eigenvalue weighted by atomic mass is 14.4. The fraction of sp³-hybridized carbons (Fsp3) is 1.00. The molecule has 0 unspecified atom stereocenters. The minimum atomic E-state index is 0.648. The summed E-state index contributed by atoms with van der Waals surface area (Å²) in [7, 11) is 0. The van der Waals surface area contributed by atoms with Crippen LogP contribution >= 0.6 is 0 Å². The Morgan fingerprint density at radius 2 is 1.31 bits per heavy atom. The van der Waals surface area contributed by atoms with Crippen LogP contribution in [0.3, 0.4) is 0 Å². The molecule has 0 aliphatic heterocycles. The number of rotatable bonds is 0. The van der Waals surface area contributed by atoms with E-state index in [0.717, 1.165) is 5.41 Å². The van der Waals surface area contributed by atoms with Crippen molar-refractivity contribution in [2.24, 2.45) is 10.8 Å². The van der Waals surface area contributed by atoms with Crippen molar-refractivity contribution in [2.45, 2.75) is 71.6 Å². The van der Waals surface area contributed by atoms with Crippen molar-refractivity contribution < 1.29 is 0 Å². The maximum Gasteiger partial charge on any atom is -0.0292 e. The Balaban J connectivity index is 2.04. The summed E-state index contributed by atoms with van der Waals surface area (Å²) in [4.78, 5) is 0. The van der Waals surface area contributed by atoms with Gasteiger partial charge in [0.25, 0.3) is 0 Å². The lowest BCUT2D eigenvalue weighted by molar-refractivity contribution is 0.0472. The van der Waals surface area contributed by atoms with E-state index in [1.807, 2.05) is 0 Å². The Morgan fingerprint density at radius 3 is 1.92 bits per heavy atom. The lowest BCUT2D eigenvalue weighted by Gasteiger charge is -2.47. The molecule has 2 aliphatic carbocycles. The molecule has 2 fully saturated rings. The quantitative estimate of drug-likeness (QED) is 0.513. The van der Waals surface area contributed by atoms with Crippen LogP contribution < -0.4 is 0 Å². The van der Waals surface area contributed by atoms with E-state index in [1.54, 1.807) is 0 Å². The molecule has 0 atom stereocenters. The Hall–Kier alpha value is 0. The Morgan fingerprint density at radius 1 is 0.692 bits per heavy atom. The smallest absolute Gasteiger partial charge is 0.0292 e. The van der Waals surface area contributed by atoms with E-state index in [9.17, 15) is 0 Å². The normalized spacial score (nSPS) is 31.8. The average molecular weight is 180 g/mol. The van der Waals surface area contributed by atoms with Crippen molar-refractivity contribution in [2.75, 3.05) is 0 Å². The van der Waals surface area contributed by atoms with Crippen LogP contribution in [-0.4, -0.2) is 0 Å². The van der Waals surface area contributed by atoms with Gasteiger partial charge in [-0.1, -0.05) is 39.5 Å². The van der Waals surface area contributed by atoms with Crippen molar-refractivity contribution >= 4 is 0 Å². The third-order valence-corrected chi connectivity index (χ3v) is 4.33. The SMILES string of the molecule is CC1(C)CCCC2(CCCCC2)C1. The van der Waals surface area contributed by atoms with E-state index < -0.39 is 0 Å². The van der Waals surface area contributed by atoms with E-state index >= 15 is 0 Å². The van der Waals surface area contributed by atoms with Gasteiger partial charge in [0, 0.05) is 0 Å². The summed E-state index contributed by atoms with van der Waals surface area (Å²) in [5.41, 5.74) is 1.44. The van der Waals surface area contributed by atoms with E-state index in [0.29, 0.717) is 5.41 Å². The van der Waals surface area contributed by atoms with Gasteiger partial charge in [-0.15, -0.1) is 0 Å². The van der Waals surface area contributed by atoms with E-state index in [4.69, 9.17) is 0 Å². The fourth-order valence-electron chi connectivity index (χ4n) is 3.86. The van der Waals surface area contributed by atoms with Crippen LogP contribution in [0, 0.1) is 10.8 Å². The first-order valence-corrected chi connectivity index (χ1v) is 6.12. The predicted octanol–water partition coefficient (Wildman–Crippen LogP) is 4.54. The predicted molar refractivity (Wildman–Crippen MR) is 57.8 cm³/mol. The highest BCUT2D eigenvalue weighted by molar-refractivity contribution is 4.91. The summed E-state index contributed by atoms with van der Waals surface area (Å²) in [5, 5.41) is 0. The molecular formula is C13H24. The molecule has 0 amide bonds. The summed E-state index contributed by atoms with van der Waals surface area (Å²) >= 11 is 0. The molecule has 2 aliphatic rings. The molecule has 2 saturated carbocycles. The van der Waals surface area contributed by atoms with E-state index in [1.165, 1.54) is 57.8 Å². The molecule has 0 heteroatoms. The Labute approximate surface area is 83.1 Å². The Kier molecular flexibility index (Phi) is 2.42. The Bertz CT molecular complexity index is 167. The largest absolute Gasteiger partial charge is 0.0599 e. The van der Waals surface area contributed by atoms with E-state index in [2.05, 4.69) is 13.8 Å². The van der Waals surface area contributed by atoms with Crippen molar-refractivity contribution in [1.29, 1.82) is 0 Å². The summed E-state index contributed by atoms with van der Waals surface area (Å²) in [6.07, 6.45) is 13.6. The zero-order chi connectivity index (χ0) is 9.36. The van der Waals surface area contributed by atoms with Crippen molar-refractivity contribution in [1.82, 2.24) is 0 Å². The average Bonchev–Trinajstić information content (AvgIpc) is 2.03. The van der Waals surface area contributed by atoms with E-state index in [-0.39, 0.29) is 0 Å². The minimum absolute atomic E-state index is 0.648. The first kappa shape index (κ1) is 9.55. The maximum atomic E-state index is 2.47. The van der Waals surface area contributed by atoms with Gasteiger partial charge < -0.3 is 0 Å². The molecular weight excluding hydrogens is 156 g/mol. The molecule has 0 aromatic carbocycles. The van der Waals surface area contributed by atoms with Crippen molar-refractivity contribution in [3.63, 3.8) is 0 Å². The van der Waals surface area contributed by atoms with Crippen molar-refractivity contribution in [3.8, 4) is 0 Å². The summed E-state index contributed by atoms with van der Waals surface area (Å²) in [6, 6.07) is 0. The van der Waals surface area contributed by atoms with Gasteiger partial charge in [-0.2, -0.15) is 0 Å². The molecule has 2 rings (SSSR count). The van der Waals surface area contributed by atoms with Gasteiger partial charge in [0.1, 0.15) is 0 Å². The standard InChI is InChI=1S/C13H24/c1-12(2)7-6-10-13(11-12)8-4-3-5-9-13/h3-11H2,1-2H3. The first-order valence-electron chi connectivity index (χ1n) is 6.12. The molecule has 13 heavy (non-hydrogen) atoms. The monoisotopic (exact) mass is 180 g/mol. The first-order chi connectivity index (χ1) is 6.12. The maximum absolute atomic E-state index is 2.47. The third kappa shape index (κ3) is 2.08. The molecule has 0 aromatic heterocycles. The zero-order valence-corrected chi connectivity index (χ0v) is 9.36. The highest BCUT2D eigenvalue weighted by Crippen LogP contribution is 2.53.